The zero-order valence-corrected chi connectivity index (χ0v) is 16.7. The molecular weight excluding hydrogens is 350 g/mol. The highest BCUT2D eigenvalue weighted by Gasteiger charge is 2.04. The molecule has 0 fully saturated rings. The van der Waals surface area contributed by atoms with Crippen molar-refractivity contribution in [3.05, 3.63) is 71.8 Å². The van der Waals surface area contributed by atoms with Crippen molar-refractivity contribution < 1.29 is 0 Å². The van der Waals surface area contributed by atoms with E-state index in [4.69, 9.17) is 4.99 Å². The molecule has 0 radical (unpaired) electrons. The molecule has 0 aliphatic rings. The minimum absolute atomic E-state index is 0.630. The molecule has 0 amide bonds. The van der Waals surface area contributed by atoms with Crippen LogP contribution in [0.25, 0.3) is 0 Å². The van der Waals surface area contributed by atoms with Gasteiger partial charge in [-0.3, -0.25) is 9.36 Å². The van der Waals surface area contributed by atoms with Crippen molar-refractivity contribution in [1.82, 2.24) is 30.2 Å². The molecule has 0 aliphatic heterocycles. The Morgan fingerprint density at radius 2 is 1.93 bits per heavy atom. The van der Waals surface area contributed by atoms with E-state index in [0.29, 0.717) is 6.54 Å². The van der Waals surface area contributed by atoms with Gasteiger partial charge in [0.15, 0.2) is 5.96 Å². The Balaban J connectivity index is 1.55. The number of guanidine groups is 1. The molecule has 0 spiro atoms. The fraction of sp³-hybridized carbons (Fsp3) is 0.381. The van der Waals surface area contributed by atoms with E-state index >= 15 is 0 Å². The second-order valence-corrected chi connectivity index (χ2v) is 6.73. The lowest BCUT2D eigenvalue weighted by Gasteiger charge is -2.12. The van der Waals surface area contributed by atoms with Gasteiger partial charge in [-0.2, -0.15) is 10.2 Å². The van der Waals surface area contributed by atoms with E-state index in [2.05, 4.69) is 65.1 Å². The van der Waals surface area contributed by atoms with E-state index in [1.54, 1.807) is 6.20 Å². The quantitative estimate of drug-likeness (QED) is 0.341. The first-order valence-electron chi connectivity index (χ1n) is 9.80. The highest BCUT2D eigenvalue weighted by atomic mass is 15.3. The maximum atomic E-state index is 4.76. The van der Waals surface area contributed by atoms with Crippen molar-refractivity contribution in [2.24, 2.45) is 4.99 Å². The van der Waals surface area contributed by atoms with Crippen molar-refractivity contribution in [1.29, 1.82) is 0 Å². The Kier molecular flexibility index (Phi) is 7.23. The fourth-order valence-electron chi connectivity index (χ4n) is 2.98. The second-order valence-electron chi connectivity index (χ2n) is 6.73. The maximum Gasteiger partial charge on any atom is 0.191 e. The lowest BCUT2D eigenvalue weighted by atomic mass is 10.1. The number of benzene rings is 1. The van der Waals surface area contributed by atoms with Crippen LogP contribution < -0.4 is 10.6 Å². The third-order valence-electron chi connectivity index (χ3n) is 4.38. The van der Waals surface area contributed by atoms with E-state index in [1.807, 2.05) is 27.8 Å². The van der Waals surface area contributed by atoms with Crippen LogP contribution in [0.1, 0.15) is 30.0 Å². The molecule has 3 aromatic rings. The molecule has 3 rings (SSSR count). The molecule has 7 heteroatoms. The van der Waals surface area contributed by atoms with Crippen molar-refractivity contribution >= 4 is 5.96 Å². The average Bonchev–Trinajstić information content (AvgIpc) is 3.36. The summed E-state index contributed by atoms with van der Waals surface area (Å²) < 4.78 is 3.91. The van der Waals surface area contributed by atoms with Crippen LogP contribution in [0, 0.1) is 6.92 Å². The minimum atomic E-state index is 0.630. The Hall–Kier alpha value is -3.09. The van der Waals surface area contributed by atoms with Crippen LogP contribution >= 0.6 is 0 Å². The second kappa shape index (κ2) is 10.3. The molecule has 0 bridgehead atoms. The number of nitrogens with zero attached hydrogens (tertiary/aromatic N) is 5. The van der Waals surface area contributed by atoms with Gasteiger partial charge in [0.1, 0.15) is 0 Å². The molecule has 7 nitrogen and oxygen atoms in total. The Morgan fingerprint density at radius 1 is 1.07 bits per heavy atom. The van der Waals surface area contributed by atoms with Gasteiger partial charge in [0, 0.05) is 38.2 Å². The third-order valence-corrected chi connectivity index (χ3v) is 4.38. The summed E-state index contributed by atoms with van der Waals surface area (Å²) in [6, 6.07) is 10.3. The van der Waals surface area contributed by atoms with Gasteiger partial charge in [-0.1, -0.05) is 24.3 Å². The van der Waals surface area contributed by atoms with Crippen LogP contribution in [0.15, 0.2) is 60.1 Å². The summed E-state index contributed by atoms with van der Waals surface area (Å²) in [7, 11) is 0. The molecule has 2 N–H and O–H groups in total. The largest absolute Gasteiger partial charge is 0.357 e. The van der Waals surface area contributed by atoms with Gasteiger partial charge < -0.3 is 10.6 Å². The monoisotopic (exact) mass is 379 g/mol. The molecule has 2 aromatic heterocycles. The first-order valence-corrected chi connectivity index (χ1v) is 9.80. The smallest absolute Gasteiger partial charge is 0.191 e. The van der Waals surface area contributed by atoms with Gasteiger partial charge in [0.2, 0.25) is 0 Å². The molecule has 1 aromatic carbocycles. The topological polar surface area (TPSA) is 72.1 Å². The zero-order valence-electron chi connectivity index (χ0n) is 16.7. The first-order chi connectivity index (χ1) is 13.7. The standard InChI is InChI=1S/C21H29N7/c1-3-22-21(23-10-6-12-27-16-18(2)14-26-27)24-15-19-8-4-5-9-20(19)17-28-13-7-11-25-28/h4-5,7-9,11,13-14,16H,3,6,10,12,15,17H2,1-2H3,(H2,22,23,24). The normalized spacial score (nSPS) is 11.6. The van der Waals surface area contributed by atoms with Crippen molar-refractivity contribution in [2.45, 2.75) is 39.9 Å². The SMILES string of the molecule is CCNC(=NCc1ccccc1Cn1cccn1)NCCCn1cc(C)cn1. The van der Waals surface area contributed by atoms with Gasteiger partial charge in [0.25, 0.3) is 0 Å². The van der Waals surface area contributed by atoms with Crippen LogP contribution in [-0.4, -0.2) is 38.6 Å². The summed E-state index contributed by atoms with van der Waals surface area (Å²) in [6.07, 6.45) is 8.72. The first kappa shape index (κ1) is 19.7. The number of nitrogens with one attached hydrogen (secondary N) is 2. The van der Waals surface area contributed by atoms with Gasteiger partial charge >= 0.3 is 0 Å². The molecule has 28 heavy (non-hydrogen) atoms. The molecule has 0 unspecified atom stereocenters. The van der Waals surface area contributed by atoms with E-state index in [-0.39, 0.29) is 0 Å². The predicted octanol–water partition coefficient (Wildman–Crippen LogP) is 2.58. The van der Waals surface area contributed by atoms with Crippen molar-refractivity contribution in [3.8, 4) is 0 Å². The van der Waals surface area contributed by atoms with E-state index in [9.17, 15) is 0 Å². The van der Waals surface area contributed by atoms with Crippen molar-refractivity contribution in [3.63, 3.8) is 0 Å². The zero-order chi connectivity index (χ0) is 19.6. The highest BCUT2D eigenvalue weighted by Crippen LogP contribution is 2.11. The molecule has 0 saturated carbocycles. The fourth-order valence-corrected chi connectivity index (χ4v) is 2.98. The molecule has 148 valence electrons. The molecule has 0 saturated heterocycles. The number of aryl methyl sites for hydroxylation is 2. The van der Waals surface area contributed by atoms with Crippen LogP contribution in [0.4, 0.5) is 0 Å². The predicted molar refractivity (Wildman–Crippen MR) is 112 cm³/mol. The number of rotatable bonds is 9. The summed E-state index contributed by atoms with van der Waals surface area (Å²) in [5.74, 6) is 0.841. The maximum absolute atomic E-state index is 4.76. The molecular formula is C21H29N7. The Bertz CT molecular complexity index is 865. The number of hydrogen-bond acceptors (Lipinski definition) is 3. The highest BCUT2D eigenvalue weighted by molar-refractivity contribution is 5.79. The summed E-state index contributed by atoms with van der Waals surface area (Å²) in [5, 5.41) is 15.4. The summed E-state index contributed by atoms with van der Waals surface area (Å²) in [5.41, 5.74) is 3.64. The minimum Gasteiger partial charge on any atom is -0.357 e. The lowest BCUT2D eigenvalue weighted by molar-refractivity contribution is 0.570. The number of aliphatic imine (C=N–C) groups is 1. The van der Waals surface area contributed by atoms with Gasteiger partial charge in [-0.25, -0.2) is 4.99 Å². The average molecular weight is 380 g/mol. The molecule has 2 heterocycles. The van der Waals surface area contributed by atoms with Crippen LogP contribution in [0.3, 0.4) is 0 Å². The molecule has 0 aliphatic carbocycles. The summed E-state index contributed by atoms with van der Waals surface area (Å²) in [6.45, 7) is 8.10. The Labute approximate surface area is 166 Å². The van der Waals surface area contributed by atoms with Crippen LogP contribution in [0.5, 0.6) is 0 Å². The molecule has 0 atom stereocenters. The third kappa shape index (κ3) is 5.97. The summed E-state index contributed by atoms with van der Waals surface area (Å²) >= 11 is 0. The number of hydrogen-bond donors (Lipinski definition) is 2. The van der Waals surface area contributed by atoms with E-state index < -0.39 is 0 Å². The van der Waals surface area contributed by atoms with Crippen LogP contribution in [0.2, 0.25) is 0 Å². The summed E-state index contributed by atoms with van der Waals surface area (Å²) in [4.78, 5) is 4.76. The van der Waals surface area contributed by atoms with Crippen molar-refractivity contribution in [2.75, 3.05) is 13.1 Å². The van der Waals surface area contributed by atoms with E-state index in [0.717, 1.165) is 38.6 Å². The lowest BCUT2D eigenvalue weighted by Crippen LogP contribution is -2.38. The van der Waals surface area contributed by atoms with Gasteiger partial charge in [-0.05, 0) is 43.0 Å². The van der Waals surface area contributed by atoms with E-state index in [1.165, 1.54) is 16.7 Å². The van der Waals surface area contributed by atoms with Crippen LogP contribution in [-0.2, 0) is 19.6 Å². The van der Waals surface area contributed by atoms with Gasteiger partial charge in [0.05, 0.1) is 19.3 Å². The Morgan fingerprint density at radius 3 is 2.64 bits per heavy atom. The van der Waals surface area contributed by atoms with Gasteiger partial charge in [-0.15, -0.1) is 0 Å². The number of aromatic nitrogens is 4.